The van der Waals surface area contributed by atoms with Crippen LogP contribution in [0.2, 0.25) is 0 Å². The lowest BCUT2D eigenvalue weighted by Crippen LogP contribution is -2.25. The fourth-order valence-corrected chi connectivity index (χ4v) is 3.61. The van der Waals surface area contributed by atoms with Crippen molar-refractivity contribution in [2.45, 2.75) is 46.0 Å². The Morgan fingerprint density at radius 2 is 2.06 bits per heavy atom. The lowest BCUT2D eigenvalue weighted by molar-refractivity contribution is 0.0982. The molecule has 3 nitrogen and oxygen atoms in total. The fraction of sp³-hybridized carbons (Fsp3) is 0.533. The van der Waals surface area contributed by atoms with Crippen molar-refractivity contribution in [3.63, 3.8) is 0 Å². The summed E-state index contributed by atoms with van der Waals surface area (Å²) in [4.78, 5) is 12.4. The van der Waals surface area contributed by atoms with Gasteiger partial charge in [0.1, 0.15) is 0 Å². The van der Waals surface area contributed by atoms with Crippen molar-refractivity contribution >= 4 is 5.78 Å². The zero-order valence-electron chi connectivity index (χ0n) is 11.0. The van der Waals surface area contributed by atoms with E-state index in [1.807, 2.05) is 6.92 Å². The fourth-order valence-electron chi connectivity index (χ4n) is 3.61. The molecule has 0 saturated heterocycles. The first kappa shape index (κ1) is 11.6. The van der Waals surface area contributed by atoms with E-state index in [1.165, 1.54) is 5.57 Å². The second kappa shape index (κ2) is 3.74. The summed E-state index contributed by atoms with van der Waals surface area (Å²) in [6, 6.07) is 0. The van der Waals surface area contributed by atoms with Gasteiger partial charge in [-0.2, -0.15) is 0 Å². The molecule has 96 valence electrons. The summed E-state index contributed by atoms with van der Waals surface area (Å²) in [5, 5.41) is 9.71. The molecule has 1 aromatic heterocycles. The topological polar surface area (TPSA) is 50.4 Å². The van der Waals surface area contributed by atoms with Crippen molar-refractivity contribution in [3.8, 4) is 5.95 Å². The summed E-state index contributed by atoms with van der Waals surface area (Å²) in [5.74, 6) is 0.899. The first-order valence-electron chi connectivity index (χ1n) is 6.62. The zero-order valence-corrected chi connectivity index (χ0v) is 11.0. The van der Waals surface area contributed by atoms with E-state index >= 15 is 0 Å². The number of carbonyl (C=O) groups is 1. The summed E-state index contributed by atoms with van der Waals surface area (Å²) in [6.07, 6.45) is 3.07. The first-order chi connectivity index (χ1) is 8.52. The number of allylic oxidation sites excluding steroid dienone is 2. The Hall–Kier alpha value is -1.51. The van der Waals surface area contributed by atoms with E-state index in [9.17, 15) is 9.90 Å². The molecule has 2 aliphatic rings. The highest BCUT2D eigenvalue weighted by molar-refractivity contribution is 6.10. The van der Waals surface area contributed by atoms with Gasteiger partial charge in [-0.05, 0) is 32.1 Å². The maximum Gasteiger partial charge on any atom is 0.285 e. The van der Waals surface area contributed by atoms with E-state index in [4.69, 9.17) is 4.42 Å². The minimum Gasteiger partial charge on any atom is -0.480 e. The Kier molecular flexibility index (Phi) is 2.40. The Bertz CT molecular complexity index is 563. The standard InChI is InChI=1S/C15H18O3/c1-7-5-4-6-10-11(7)8(2)12-9(3)15(17)18-14(12)13(10)16/h7-8,17H,4-6H2,1-3H3. The molecule has 0 bridgehead atoms. The molecule has 0 fully saturated rings. The molecule has 0 spiro atoms. The second-order valence-electron chi connectivity index (χ2n) is 5.55. The molecule has 2 unspecified atom stereocenters. The van der Waals surface area contributed by atoms with Gasteiger partial charge in [0.25, 0.3) is 5.95 Å². The van der Waals surface area contributed by atoms with Gasteiger partial charge in [-0.25, -0.2) is 0 Å². The largest absolute Gasteiger partial charge is 0.480 e. The number of ketones is 1. The summed E-state index contributed by atoms with van der Waals surface area (Å²) < 4.78 is 5.28. The average Bonchev–Trinajstić information content (AvgIpc) is 2.63. The van der Waals surface area contributed by atoms with Crippen molar-refractivity contribution in [3.05, 3.63) is 28.0 Å². The van der Waals surface area contributed by atoms with Crippen LogP contribution in [-0.4, -0.2) is 10.9 Å². The number of Topliss-reactive ketones (excluding diaryl/α,β-unsaturated/α-hetero) is 1. The molecule has 0 aliphatic heterocycles. The Labute approximate surface area is 106 Å². The summed E-state index contributed by atoms with van der Waals surface area (Å²) in [6.45, 7) is 6.13. The summed E-state index contributed by atoms with van der Waals surface area (Å²) in [5.41, 5.74) is 3.81. The third kappa shape index (κ3) is 1.33. The maximum atomic E-state index is 12.4. The molecular formula is C15H18O3. The SMILES string of the molecule is Cc1c(O)oc2c1C(C)C1=C(CCCC1C)C2=O. The second-order valence-corrected chi connectivity index (χ2v) is 5.55. The van der Waals surface area contributed by atoms with Crippen molar-refractivity contribution < 1.29 is 14.3 Å². The normalized spacial score (nSPS) is 27.2. The van der Waals surface area contributed by atoms with E-state index in [1.54, 1.807) is 0 Å². The van der Waals surface area contributed by atoms with Crippen LogP contribution in [0.15, 0.2) is 15.6 Å². The van der Waals surface area contributed by atoms with Crippen molar-refractivity contribution in [1.29, 1.82) is 0 Å². The minimum absolute atomic E-state index is 0.00644. The van der Waals surface area contributed by atoms with Gasteiger partial charge in [0.2, 0.25) is 5.78 Å². The van der Waals surface area contributed by atoms with Gasteiger partial charge in [0.15, 0.2) is 5.76 Å². The summed E-state index contributed by atoms with van der Waals surface area (Å²) >= 11 is 0. The number of hydrogen-bond acceptors (Lipinski definition) is 3. The van der Waals surface area contributed by atoms with Crippen molar-refractivity contribution in [2.75, 3.05) is 0 Å². The van der Waals surface area contributed by atoms with Crippen molar-refractivity contribution in [2.24, 2.45) is 5.92 Å². The zero-order chi connectivity index (χ0) is 13.0. The van der Waals surface area contributed by atoms with Gasteiger partial charge in [-0.3, -0.25) is 4.79 Å². The van der Waals surface area contributed by atoms with Crippen LogP contribution in [-0.2, 0) is 0 Å². The number of hydrogen-bond donors (Lipinski definition) is 1. The molecule has 1 N–H and O–H groups in total. The Balaban J connectivity index is 2.22. The lowest BCUT2D eigenvalue weighted by atomic mass is 9.70. The monoisotopic (exact) mass is 246 g/mol. The van der Waals surface area contributed by atoms with Gasteiger partial charge in [-0.1, -0.05) is 19.4 Å². The molecule has 18 heavy (non-hydrogen) atoms. The van der Waals surface area contributed by atoms with Crippen LogP contribution >= 0.6 is 0 Å². The number of furan rings is 1. The lowest BCUT2D eigenvalue weighted by Gasteiger charge is -2.33. The van der Waals surface area contributed by atoms with E-state index in [2.05, 4.69) is 13.8 Å². The van der Waals surface area contributed by atoms with E-state index < -0.39 is 0 Å². The van der Waals surface area contributed by atoms with E-state index in [0.717, 1.165) is 36.0 Å². The van der Waals surface area contributed by atoms with Gasteiger partial charge in [-0.15, -0.1) is 0 Å². The summed E-state index contributed by atoms with van der Waals surface area (Å²) in [7, 11) is 0. The van der Waals surface area contributed by atoms with Crippen LogP contribution < -0.4 is 0 Å². The molecule has 3 heteroatoms. The predicted molar refractivity (Wildman–Crippen MR) is 67.9 cm³/mol. The molecule has 2 aliphatic carbocycles. The molecule has 3 rings (SSSR count). The van der Waals surface area contributed by atoms with E-state index in [-0.39, 0.29) is 17.6 Å². The minimum atomic E-state index is -0.104. The van der Waals surface area contributed by atoms with Crippen LogP contribution in [0.5, 0.6) is 5.95 Å². The van der Waals surface area contributed by atoms with Gasteiger partial charge < -0.3 is 9.52 Å². The molecule has 1 aromatic rings. The van der Waals surface area contributed by atoms with Crippen LogP contribution in [0.4, 0.5) is 0 Å². The van der Waals surface area contributed by atoms with Crippen LogP contribution in [0.3, 0.4) is 0 Å². The van der Waals surface area contributed by atoms with Gasteiger partial charge >= 0.3 is 0 Å². The van der Waals surface area contributed by atoms with E-state index in [0.29, 0.717) is 11.7 Å². The number of rotatable bonds is 0. The van der Waals surface area contributed by atoms with Crippen molar-refractivity contribution in [1.82, 2.24) is 0 Å². The highest BCUT2D eigenvalue weighted by Gasteiger charge is 2.39. The van der Waals surface area contributed by atoms with Crippen LogP contribution in [0.25, 0.3) is 0 Å². The van der Waals surface area contributed by atoms with Gasteiger partial charge in [0.05, 0.1) is 0 Å². The molecule has 1 heterocycles. The third-order valence-electron chi connectivity index (χ3n) is 4.49. The molecule has 2 atom stereocenters. The molecule has 0 amide bonds. The molecule has 0 saturated carbocycles. The highest BCUT2D eigenvalue weighted by Crippen LogP contribution is 2.48. The predicted octanol–water partition coefficient (Wildman–Crippen LogP) is 3.71. The average molecular weight is 246 g/mol. The maximum absolute atomic E-state index is 12.4. The van der Waals surface area contributed by atoms with Gasteiger partial charge in [0, 0.05) is 22.6 Å². The Morgan fingerprint density at radius 1 is 1.33 bits per heavy atom. The quantitative estimate of drug-likeness (QED) is 0.759. The molecule has 0 radical (unpaired) electrons. The molecular weight excluding hydrogens is 228 g/mol. The number of aromatic hydroxyl groups is 1. The molecule has 0 aromatic carbocycles. The first-order valence-corrected chi connectivity index (χ1v) is 6.62. The highest BCUT2D eigenvalue weighted by atomic mass is 16.5. The number of carbonyl (C=O) groups excluding carboxylic acids is 1. The van der Waals surface area contributed by atoms with Crippen LogP contribution in [0, 0.1) is 12.8 Å². The Morgan fingerprint density at radius 3 is 2.78 bits per heavy atom. The number of fused-ring (bicyclic) bond motifs is 1. The smallest absolute Gasteiger partial charge is 0.285 e. The van der Waals surface area contributed by atoms with Crippen LogP contribution in [0.1, 0.15) is 60.7 Å². The third-order valence-corrected chi connectivity index (χ3v) is 4.49.